The lowest BCUT2D eigenvalue weighted by Gasteiger charge is -2.45. The van der Waals surface area contributed by atoms with E-state index in [1.807, 2.05) is 11.3 Å². The van der Waals surface area contributed by atoms with Crippen molar-refractivity contribution in [2.75, 3.05) is 13.1 Å². The third kappa shape index (κ3) is 2.82. The molecule has 0 radical (unpaired) electrons. The first-order valence-corrected chi connectivity index (χ1v) is 8.43. The molecule has 18 heavy (non-hydrogen) atoms. The van der Waals surface area contributed by atoms with Gasteiger partial charge in [0.2, 0.25) is 0 Å². The van der Waals surface area contributed by atoms with Crippen molar-refractivity contribution < 1.29 is 0 Å². The zero-order chi connectivity index (χ0) is 12.8. The van der Waals surface area contributed by atoms with Crippen molar-refractivity contribution in [1.29, 1.82) is 0 Å². The average Bonchev–Trinajstić information content (AvgIpc) is 3.04. The molecule has 1 saturated heterocycles. The number of thiophene rings is 1. The van der Waals surface area contributed by atoms with Crippen LogP contribution in [0.5, 0.6) is 0 Å². The molecule has 1 aliphatic heterocycles. The molecule has 1 aromatic heterocycles. The second-order valence-electron chi connectivity index (χ2n) is 6.27. The van der Waals surface area contributed by atoms with Crippen molar-refractivity contribution >= 4 is 27.3 Å². The van der Waals surface area contributed by atoms with Crippen LogP contribution in [0.4, 0.5) is 0 Å². The molecule has 0 bridgehead atoms. The van der Waals surface area contributed by atoms with Crippen LogP contribution in [-0.2, 0) is 6.54 Å². The molecule has 2 aliphatic rings. The zero-order valence-electron chi connectivity index (χ0n) is 11.1. The molecule has 2 fully saturated rings. The minimum atomic E-state index is 0.245. The predicted octanol–water partition coefficient (Wildman–Crippen LogP) is 3.47. The molecule has 1 unspecified atom stereocenters. The van der Waals surface area contributed by atoms with Crippen LogP contribution in [0.2, 0.25) is 0 Å². The lowest BCUT2D eigenvalue weighted by atomic mass is 9.96. The summed E-state index contributed by atoms with van der Waals surface area (Å²) in [5.41, 5.74) is 0.245. The Morgan fingerprint density at radius 3 is 2.89 bits per heavy atom. The van der Waals surface area contributed by atoms with E-state index in [0.717, 1.165) is 31.6 Å². The largest absolute Gasteiger partial charge is 0.309 e. The Balaban J connectivity index is 1.75. The Morgan fingerprint density at radius 1 is 1.50 bits per heavy atom. The summed E-state index contributed by atoms with van der Waals surface area (Å²) in [4.78, 5) is 4.17. The third-order valence-corrected chi connectivity index (χ3v) is 5.97. The van der Waals surface area contributed by atoms with E-state index in [1.54, 1.807) is 0 Å². The van der Waals surface area contributed by atoms with Gasteiger partial charge in [0.1, 0.15) is 0 Å². The summed E-state index contributed by atoms with van der Waals surface area (Å²) < 4.78 is 1.28. The summed E-state index contributed by atoms with van der Waals surface area (Å²) in [5, 5.41) is 5.88. The summed E-state index contributed by atoms with van der Waals surface area (Å²) >= 11 is 5.53. The van der Waals surface area contributed by atoms with Gasteiger partial charge in [-0.1, -0.05) is 0 Å². The van der Waals surface area contributed by atoms with E-state index in [0.29, 0.717) is 0 Å². The van der Waals surface area contributed by atoms with E-state index >= 15 is 0 Å². The molecule has 1 N–H and O–H groups in total. The van der Waals surface area contributed by atoms with Crippen LogP contribution in [-0.4, -0.2) is 29.6 Å². The summed E-state index contributed by atoms with van der Waals surface area (Å²) in [6.45, 7) is 8.03. The summed E-state index contributed by atoms with van der Waals surface area (Å²) in [5.74, 6) is 0.937. The number of hydrogen-bond donors (Lipinski definition) is 1. The van der Waals surface area contributed by atoms with E-state index in [-0.39, 0.29) is 5.54 Å². The minimum absolute atomic E-state index is 0.245. The molecular weight excluding hydrogens is 308 g/mol. The lowest BCUT2D eigenvalue weighted by Crippen LogP contribution is -2.61. The summed E-state index contributed by atoms with van der Waals surface area (Å²) in [6, 6.07) is 2.91. The number of nitrogens with zero attached hydrogens (tertiary/aromatic N) is 1. The molecule has 2 heterocycles. The molecule has 0 aromatic carbocycles. The van der Waals surface area contributed by atoms with Crippen LogP contribution in [0.3, 0.4) is 0 Å². The molecule has 0 spiro atoms. The number of piperazine rings is 1. The molecule has 4 heteroatoms. The molecule has 1 aromatic rings. The Hall–Kier alpha value is 0.1000. The van der Waals surface area contributed by atoms with E-state index < -0.39 is 0 Å². The monoisotopic (exact) mass is 328 g/mol. The number of nitrogens with one attached hydrogen (secondary N) is 1. The topological polar surface area (TPSA) is 15.3 Å². The number of halogens is 1. The second kappa shape index (κ2) is 4.89. The van der Waals surface area contributed by atoms with E-state index in [1.165, 1.54) is 22.2 Å². The number of rotatable bonds is 3. The molecule has 1 saturated carbocycles. The Kier molecular flexibility index (Phi) is 3.56. The minimum Gasteiger partial charge on any atom is -0.309 e. The van der Waals surface area contributed by atoms with Crippen molar-refractivity contribution in [3.05, 3.63) is 20.8 Å². The van der Waals surface area contributed by atoms with Crippen LogP contribution < -0.4 is 5.32 Å². The van der Waals surface area contributed by atoms with Crippen LogP contribution in [0.1, 0.15) is 31.6 Å². The van der Waals surface area contributed by atoms with Crippen LogP contribution >= 0.6 is 27.3 Å². The highest BCUT2D eigenvalue weighted by Gasteiger charge is 2.40. The van der Waals surface area contributed by atoms with Crippen LogP contribution in [0, 0.1) is 5.92 Å². The molecule has 1 aliphatic carbocycles. The van der Waals surface area contributed by atoms with Crippen molar-refractivity contribution in [2.45, 2.75) is 44.8 Å². The summed E-state index contributed by atoms with van der Waals surface area (Å²) in [6.07, 6.45) is 2.85. The summed E-state index contributed by atoms with van der Waals surface area (Å²) in [7, 11) is 0. The third-order valence-electron chi connectivity index (χ3n) is 4.06. The first-order valence-electron chi connectivity index (χ1n) is 6.76. The molecular formula is C14H21BrN2S. The highest BCUT2D eigenvalue weighted by molar-refractivity contribution is 9.10. The maximum Gasteiger partial charge on any atom is 0.0343 e. The van der Waals surface area contributed by atoms with Gasteiger partial charge in [-0.25, -0.2) is 0 Å². The van der Waals surface area contributed by atoms with Gasteiger partial charge in [-0.05, 0) is 60.0 Å². The van der Waals surface area contributed by atoms with E-state index in [9.17, 15) is 0 Å². The van der Waals surface area contributed by atoms with E-state index in [2.05, 4.69) is 51.4 Å². The first-order chi connectivity index (χ1) is 8.55. The van der Waals surface area contributed by atoms with Gasteiger partial charge in [0.05, 0.1) is 0 Å². The van der Waals surface area contributed by atoms with Gasteiger partial charge in [0.15, 0.2) is 0 Å². The van der Waals surface area contributed by atoms with Gasteiger partial charge < -0.3 is 5.32 Å². The maximum absolute atomic E-state index is 3.70. The quantitative estimate of drug-likeness (QED) is 0.913. The zero-order valence-corrected chi connectivity index (χ0v) is 13.5. The van der Waals surface area contributed by atoms with E-state index in [4.69, 9.17) is 0 Å². The second-order valence-corrected chi connectivity index (χ2v) is 8.12. The smallest absolute Gasteiger partial charge is 0.0343 e. The lowest BCUT2D eigenvalue weighted by molar-refractivity contribution is 0.0767. The van der Waals surface area contributed by atoms with Gasteiger partial charge in [-0.2, -0.15) is 0 Å². The predicted molar refractivity (Wildman–Crippen MR) is 81.0 cm³/mol. The molecule has 0 amide bonds. The fourth-order valence-corrected chi connectivity index (χ4v) is 4.43. The van der Waals surface area contributed by atoms with Crippen molar-refractivity contribution in [3.63, 3.8) is 0 Å². The Morgan fingerprint density at radius 2 is 2.28 bits per heavy atom. The van der Waals surface area contributed by atoms with Gasteiger partial charge in [-0.3, -0.25) is 4.90 Å². The van der Waals surface area contributed by atoms with Crippen molar-refractivity contribution in [3.8, 4) is 0 Å². The highest BCUT2D eigenvalue weighted by atomic mass is 79.9. The SMILES string of the molecule is CC1(C)CN(Cc2sccc2Br)C(C2CC2)CN1. The van der Waals surface area contributed by atoms with Crippen molar-refractivity contribution in [1.82, 2.24) is 10.2 Å². The van der Waals surface area contributed by atoms with Crippen LogP contribution in [0.15, 0.2) is 15.9 Å². The average molecular weight is 329 g/mol. The van der Waals surface area contributed by atoms with Crippen molar-refractivity contribution in [2.24, 2.45) is 5.92 Å². The fraction of sp³-hybridized carbons (Fsp3) is 0.714. The molecule has 2 nitrogen and oxygen atoms in total. The fourth-order valence-electron chi connectivity index (χ4n) is 2.93. The van der Waals surface area contributed by atoms with Gasteiger partial charge >= 0.3 is 0 Å². The van der Waals surface area contributed by atoms with Gasteiger partial charge in [0, 0.05) is 40.6 Å². The molecule has 100 valence electrons. The highest BCUT2D eigenvalue weighted by Crippen LogP contribution is 2.38. The Bertz CT molecular complexity index is 425. The normalized spacial score (nSPS) is 28.5. The maximum atomic E-state index is 3.70. The first kappa shape index (κ1) is 13.1. The molecule has 1 atom stereocenters. The van der Waals surface area contributed by atoms with Gasteiger partial charge in [0.25, 0.3) is 0 Å². The standard InChI is InChI=1S/C14H21BrN2S/c1-14(2)9-17(8-13-11(15)5-6-18-13)12(7-16-14)10-3-4-10/h5-6,10,12,16H,3-4,7-9H2,1-2H3. The molecule has 3 rings (SSSR count). The van der Waals surface area contributed by atoms with Gasteiger partial charge in [-0.15, -0.1) is 11.3 Å². The Labute approximate surface area is 122 Å². The van der Waals surface area contributed by atoms with Crippen LogP contribution in [0.25, 0.3) is 0 Å². The number of hydrogen-bond acceptors (Lipinski definition) is 3.